The van der Waals surface area contributed by atoms with Crippen LogP contribution in [0.1, 0.15) is 20.3 Å². The molecule has 0 saturated heterocycles. The van der Waals surface area contributed by atoms with Gasteiger partial charge in [0.15, 0.2) is 0 Å². The first-order valence-corrected chi connectivity index (χ1v) is 7.34. The van der Waals surface area contributed by atoms with Crippen molar-refractivity contribution in [2.45, 2.75) is 32.7 Å². The Balaban J connectivity index is 1.77. The molecule has 2 amide bonds. The molecular weight excluding hydrogens is 304 g/mol. The van der Waals surface area contributed by atoms with Gasteiger partial charge in [0.2, 0.25) is 6.35 Å². The van der Waals surface area contributed by atoms with Gasteiger partial charge in [0.1, 0.15) is 5.84 Å². The number of hydrogen-bond acceptors (Lipinski definition) is 7. The third-order valence-corrected chi connectivity index (χ3v) is 3.28. The maximum atomic E-state index is 11.8. The fourth-order valence-corrected chi connectivity index (χ4v) is 2.26. The number of thiol groups is 1. The Kier molecular flexibility index (Phi) is 5.84. The summed E-state index contributed by atoms with van der Waals surface area (Å²) in [4.78, 5) is 17.6. The van der Waals surface area contributed by atoms with E-state index in [4.69, 9.17) is 4.18 Å². The van der Waals surface area contributed by atoms with Crippen LogP contribution in [-0.4, -0.2) is 40.7 Å². The highest BCUT2D eigenvalue weighted by atomic mass is 32.1. The first-order chi connectivity index (χ1) is 10.6. The Morgan fingerprint density at radius 1 is 1.50 bits per heavy atom. The van der Waals surface area contributed by atoms with Gasteiger partial charge in [0.05, 0.1) is 0 Å². The highest BCUT2D eigenvalue weighted by Gasteiger charge is 2.29. The van der Waals surface area contributed by atoms with E-state index in [1.54, 1.807) is 24.5 Å². The lowest BCUT2D eigenvalue weighted by atomic mass is 10.3. The van der Waals surface area contributed by atoms with E-state index in [0.717, 1.165) is 5.84 Å². The highest BCUT2D eigenvalue weighted by molar-refractivity contribution is 7.75. The smallest absolute Gasteiger partial charge is 0.319 e. The van der Waals surface area contributed by atoms with Gasteiger partial charge < -0.3 is 15.5 Å². The summed E-state index contributed by atoms with van der Waals surface area (Å²) in [5, 5.41) is 9.72. The van der Waals surface area contributed by atoms with E-state index in [-0.39, 0.29) is 18.4 Å². The molecule has 3 N–H and O–H groups in total. The van der Waals surface area contributed by atoms with Gasteiger partial charge in [-0.3, -0.25) is 14.6 Å². The molecule has 0 saturated carbocycles. The van der Waals surface area contributed by atoms with Crippen LogP contribution in [0.5, 0.6) is 0 Å². The fourth-order valence-electron chi connectivity index (χ4n) is 2.11. The minimum absolute atomic E-state index is 0.205. The fraction of sp³-hybridized carbons (Fsp3) is 0.462. The van der Waals surface area contributed by atoms with Crippen molar-refractivity contribution in [3.05, 3.63) is 24.5 Å². The molecular formula is C13H20N6O2S. The molecule has 0 fully saturated rings. The van der Waals surface area contributed by atoms with Crippen LogP contribution in [0.4, 0.5) is 10.5 Å². The predicted molar refractivity (Wildman–Crippen MR) is 87.3 cm³/mol. The Morgan fingerprint density at radius 3 is 2.86 bits per heavy atom. The number of hydrogen-bond donors (Lipinski definition) is 4. The lowest BCUT2D eigenvalue weighted by molar-refractivity contribution is 0.0697. The lowest BCUT2D eigenvalue weighted by Gasteiger charge is -2.28. The third-order valence-electron chi connectivity index (χ3n) is 3.08. The van der Waals surface area contributed by atoms with Crippen molar-refractivity contribution < 1.29 is 8.98 Å². The summed E-state index contributed by atoms with van der Waals surface area (Å²) in [6, 6.07) is 3.38. The second-order valence-corrected chi connectivity index (χ2v) is 5.19. The van der Waals surface area contributed by atoms with Crippen LogP contribution < -0.4 is 16.1 Å². The normalized spacial score (nSPS) is 17.2. The van der Waals surface area contributed by atoms with Crippen molar-refractivity contribution in [3.63, 3.8) is 0 Å². The van der Waals surface area contributed by atoms with Crippen LogP contribution in [0, 0.1) is 0 Å². The molecule has 2 rings (SSSR count). The molecule has 0 spiro atoms. The number of carbonyl (C=O) groups excluding carboxylic acids is 1. The van der Waals surface area contributed by atoms with E-state index in [1.807, 2.05) is 18.7 Å². The van der Waals surface area contributed by atoms with Crippen LogP contribution in [0.2, 0.25) is 0 Å². The number of amides is 2. The zero-order valence-electron chi connectivity index (χ0n) is 12.5. The summed E-state index contributed by atoms with van der Waals surface area (Å²) in [7, 11) is 0. The summed E-state index contributed by atoms with van der Waals surface area (Å²) in [5.74, 6) is 0.818. The quantitative estimate of drug-likeness (QED) is 0.469. The Morgan fingerprint density at radius 2 is 2.23 bits per heavy atom. The van der Waals surface area contributed by atoms with Crippen molar-refractivity contribution in [1.82, 2.24) is 20.6 Å². The van der Waals surface area contributed by atoms with Crippen LogP contribution in [-0.2, 0) is 4.18 Å². The van der Waals surface area contributed by atoms with Crippen LogP contribution in [0.25, 0.3) is 0 Å². The van der Waals surface area contributed by atoms with Crippen molar-refractivity contribution in [2.24, 2.45) is 5.10 Å². The minimum atomic E-state index is -0.385. The van der Waals surface area contributed by atoms with E-state index in [1.165, 1.54) is 0 Å². The standard InChI is InChI=1S/C13H20N6O2S/c1-9(2)19-11(17-18-13(19)21-22)5-8-15-12(20)16-10-3-6-14-7-4-10/h3-4,6-7,9,13,18,22H,5,8H2,1-2H3,(H2,14,15,16,20). The van der Waals surface area contributed by atoms with Gasteiger partial charge in [-0.25, -0.2) is 4.79 Å². The number of hydrazone groups is 1. The molecule has 1 aromatic heterocycles. The molecule has 1 aliphatic heterocycles. The summed E-state index contributed by atoms with van der Waals surface area (Å²) in [6.07, 6.45) is 3.44. The summed E-state index contributed by atoms with van der Waals surface area (Å²) < 4.78 is 5.01. The van der Waals surface area contributed by atoms with E-state index < -0.39 is 0 Å². The van der Waals surface area contributed by atoms with Gasteiger partial charge >= 0.3 is 6.03 Å². The molecule has 1 aliphatic rings. The SMILES string of the molecule is CC(C)N1C(CCNC(=O)Nc2ccncc2)=NNC1OS. The van der Waals surface area contributed by atoms with E-state index in [2.05, 4.69) is 39.1 Å². The minimum Gasteiger partial charge on any atom is -0.337 e. The first-order valence-electron chi connectivity index (χ1n) is 6.97. The maximum absolute atomic E-state index is 11.8. The molecule has 0 aromatic carbocycles. The lowest BCUT2D eigenvalue weighted by Crippen LogP contribution is -2.45. The van der Waals surface area contributed by atoms with E-state index >= 15 is 0 Å². The van der Waals surface area contributed by atoms with Crippen molar-refractivity contribution in [3.8, 4) is 0 Å². The number of anilines is 1. The molecule has 0 radical (unpaired) electrons. The van der Waals surface area contributed by atoms with Gasteiger partial charge in [-0.05, 0) is 38.9 Å². The Labute approximate surface area is 134 Å². The molecule has 0 aliphatic carbocycles. The van der Waals surface area contributed by atoms with E-state index in [0.29, 0.717) is 18.7 Å². The summed E-state index contributed by atoms with van der Waals surface area (Å²) >= 11 is 3.83. The predicted octanol–water partition coefficient (Wildman–Crippen LogP) is 1.37. The second-order valence-electron chi connectivity index (χ2n) is 4.98. The molecule has 0 bridgehead atoms. The van der Waals surface area contributed by atoms with Gasteiger partial charge in [-0.2, -0.15) is 5.10 Å². The average molecular weight is 324 g/mol. The van der Waals surface area contributed by atoms with Gasteiger partial charge in [0.25, 0.3) is 0 Å². The van der Waals surface area contributed by atoms with E-state index in [9.17, 15) is 4.79 Å². The second kappa shape index (κ2) is 7.85. The number of amidine groups is 1. The Hall–Kier alpha value is -2.00. The molecule has 8 nitrogen and oxygen atoms in total. The molecule has 22 heavy (non-hydrogen) atoms. The number of carbonyl (C=O) groups is 1. The average Bonchev–Trinajstić information content (AvgIpc) is 2.91. The third kappa shape index (κ3) is 4.25. The molecule has 1 aromatic rings. The van der Waals surface area contributed by atoms with Crippen LogP contribution in [0.3, 0.4) is 0 Å². The van der Waals surface area contributed by atoms with Gasteiger partial charge in [0, 0.05) is 37.1 Å². The topological polar surface area (TPSA) is 90.9 Å². The number of pyridine rings is 1. The highest BCUT2D eigenvalue weighted by Crippen LogP contribution is 2.14. The number of rotatable bonds is 6. The molecule has 1 unspecified atom stereocenters. The molecule has 2 heterocycles. The largest absolute Gasteiger partial charge is 0.337 e. The summed E-state index contributed by atoms with van der Waals surface area (Å²) in [5.41, 5.74) is 3.54. The van der Waals surface area contributed by atoms with Crippen LogP contribution in [0.15, 0.2) is 29.6 Å². The van der Waals surface area contributed by atoms with Gasteiger partial charge in [-0.15, -0.1) is 0 Å². The zero-order valence-corrected chi connectivity index (χ0v) is 13.4. The van der Waals surface area contributed by atoms with Crippen LogP contribution >= 0.6 is 12.9 Å². The first kappa shape index (κ1) is 16.4. The zero-order chi connectivity index (χ0) is 15.9. The molecule has 9 heteroatoms. The maximum Gasteiger partial charge on any atom is 0.319 e. The number of urea groups is 1. The number of nitrogens with one attached hydrogen (secondary N) is 3. The number of nitrogens with zero attached hydrogens (tertiary/aromatic N) is 3. The van der Waals surface area contributed by atoms with Gasteiger partial charge in [-0.1, -0.05) is 0 Å². The molecule has 120 valence electrons. The van der Waals surface area contributed by atoms with Crippen molar-refractivity contribution in [1.29, 1.82) is 0 Å². The number of aromatic nitrogens is 1. The van der Waals surface area contributed by atoms with Crippen molar-refractivity contribution >= 4 is 30.5 Å². The molecule has 1 atom stereocenters. The monoisotopic (exact) mass is 324 g/mol. The Bertz CT molecular complexity index is 525. The summed E-state index contributed by atoms with van der Waals surface area (Å²) in [6.45, 7) is 4.53. The van der Waals surface area contributed by atoms with Crippen molar-refractivity contribution in [2.75, 3.05) is 11.9 Å².